The number of carboxylic acid groups (broad SMARTS) is 1. The zero-order chi connectivity index (χ0) is 17.0. The molecule has 2 rings (SSSR count). The smallest absolute Gasteiger partial charge is 0.308 e. The van der Waals surface area contributed by atoms with Gasteiger partial charge in [-0.25, -0.2) is 0 Å². The molecule has 8 heteroatoms. The average molecular weight is 351 g/mol. The summed E-state index contributed by atoms with van der Waals surface area (Å²) in [5.74, 6) is -1.46. The first-order valence-corrected chi connectivity index (χ1v) is 7.85. The highest BCUT2D eigenvalue weighted by Gasteiger charge is 2.32. The first kappa shape index (κ1) is 17.2. The first-order valence-electron chi connectivity index (χ1n) is 6.63. The lowest BCUT2D eigenvalue weighted by atomic mass is 10.2. The molecular weight excluding hydrogens is 338 g/mol. The lowest BCUT2D eigenvalue weighted by molar-refractivity contribution is -0.137. The quantitative estimate of drug-likeness (QED) is 0.377. The molecule has 0 atom stereocenters. The molecule has 0 unspecified atom stereocenters. The fourth-order valence-corrected chi connectivity index (χ4v) is 3.19. The third kappa shape index (κ3) is 4.40. The number of thiocarbonyl (C=S) groups is 1. The monoisotopic (exact) mass is 351 g/mol. The van der Waals surface area contributed by atoms with Gasteiger partial charge in [-0.3, -0.25) is 19.3 Å². The molecule has 23 heavy (non-hydrogen) atoms. The number of esters is 1. The number of para-hydroxylation sites is 1. The minimum Gasteiger partial charge on any atom is -0.481 e. The number of amides is 1. The van der Waals surface area contributed by atoms with Gasteiger partial charge in [0.2, 0.25) is 0 Å². The van der Waals surface area contributed by atoms with E-state index in [4.69, 9.17) is 22.1 Å². The summed E-state index contributed by atoms with van der Waals surface area (Å²) in [6.07, 6.45) is 1.40. The first-order chi connectivity index (χ1) is 10.9. The van der Waals surface area contributed by atoms with Crippen LogP contribution in [0, 0.1) is 0 Å². The normalized spacial score (nSPS) is 16.0. The van der Waals surface area contributed by atoms with Gasteiger partial charge < -0.3 is 9.84 Å². The molecule has 0 radical (unpaired) electrons. The predicted octanol–water partition coefficient (Wildman–Crippen LogP) is 2.29. The molecule has 6 nitrogen and oxygen atoms in total. The second kappa shape index (κ2) is 7.38. The van der Waals surface area contributed by atoms with Gasteiger partial charge in [0.15, 0.2) is 0 Å². The van der Waals surface area contributed by atoms with Crippen LogP contribution in [0.1, 0.15) is 18.9 Å². The predicted molar refractivity (Wildman–Crippen MR) is 89.9 cm³/mol. The zero-order valence-electron chi connectivity index (χ0n) is 12.1. The van der Waals surface area contributed by atoms with E-state index in [1.165, 1.54) is 11.8 Å². The molecule has 0 aromatic heterocycles. The van der Waals surface area contributed by atoms with Crippen LogP contribution in [-0.4, -0.2) is 38.7 Å². The van der Waals surface area contributed by atoms with Gasteiger partial charge in [0.25, 0.3) is 5.91 Å². The van der Waals surface area contributed by atoms with Crippen molar-refractivity contribution in [3.8, 4) is 5.75 Å². The van der Waals surface area contributed by atoms with Gasteiger partial charge in [-0.05, 0) is 12.1 Å². The Hall–Kier alpha value is -2.19. The van der Waals surface area contributed by atoms with Crippen LogP contribution < -0.4 is 4.74 Å². The van der Waals surface area contributed by atoms with Crippen molar-refractivity contribution in [3.63, 3.8) is 0 Å². The largest absolute Gasteiger partial charge is 0.481 e. The van der Waals surface area contributed by atoms with E-state index in [-0.39, 0.29) is 18.9 Å². The Kier molecular flexibility index (Phi) is 5.51. The van der Waals surface area contributed by atoms with Gasteiger partial charge in [0.1, 0.15) is 10.1 Å². The summed E-state index contributed by atoms with van der Waals surface area (Å²) in [4.78, 5) is 35.7. The third-order valence-electron chi connectivity index (χ3n) is 2.88. The summed E-state index contributed by atoms with van der Waals surface area (Å²) >= 11 is 6.21. The number of rotatable bonds is 5. The molecule has 0 spiro atoms. The molecule has 1 aromatic rings. The van der Waals surface area contributed by atoms with Crippen molar-refractivity contribution in [1.82, 2.24) is 4.90 Å². The van der Waals surface area contributed by atoms with Crippen LogP contribution in [0.4, 0.5) is 0 Å². The van der Waals surface area contributed by atoms with E-state index in [9.17, 15) is 14.4 Å². The Balaban J connectivity index is 2.24. The molecule has 1 aliphatic heterocycles. The summed E-state index contributed by atoms with van der Waals surface area (Å²) in [5, 5.41) is 8.72. The average Bonchev–Trinajstić information content (AvgIpc) is 2.73. The molecule has 0 aliphatic carbocycles. The van der Waals surface area contributed by atoms with Crippen molar-refractivity contribution in [3.05, 3.63) is 34.7 Å². The van der Waals surface area contributed by atoms with Crippen molar-refractivity contribution in [1.29, 1.82) is 0 Å². The van der Waals surface area contributed by atoms with Gasteiger partial charge in [-0.1, -0.05) is 42.2 Å². The Morgan fingerprint density at radius 1 is 1.39 bits per heavy atom. The molecular formula is C15H13NO5S2. The molecule has 1 amide bonds. The van der Waals surface area contributed by atoms with Gasteiger partial charge >= 0.3 is 11.9 Å². The lowest BCUT2D eigenvalue weighted by Crippen LogP contribution is -2.30. The van der Waals surface area contributed by atoms with Crippen molar-refractivity contribution in [2.75, 3.05) is 6.54 Å². The Morgan fingerprint density at radius 3 is 2.74 bits per heavy atom. The number of aliphatic carboxylic acids is 1. The van der Waals surface area contributed by atoms with Crippen LogP contribution >= 0.6 is 24.0 Å². The van der Waals surface area contributed by atoms with E-state index < -0.39 is 11.9 Å². The molecule has 1 aliphatic rings. The van der Waals surface area contributed by atoms with Crippen LogP contribution in [0.3, 0.4) is 0 Å². The SMILES string of the molecule is CC(=O)Oc1ccccc1/C=C1\SC(=S)N(CCC(=O)O)C1=O. The van der Waals surface area contributed by atoms with Crippen LogP contribution in [0.2, 0.25) is 0 Å². The van der Waals surface area contributed by atoms with Gasteiger partial charge in [0.05, 0.1) is 11.3 Å². The Morgan fingerprint density at radius 2 is 2.09 bits per heavy atom. The second-order valence-electron chi connectivity index (χ2n) is 4.61. The number of hydrogen-bond donors (Lipinski definition) is 1. The fourth-order valence-electron chi connectivity index (χ4n) is 1.89. The van der Waals surface area contributed by atoms with E-state index >= 15 is 0 Å². The van der Waals surface area contributed by atoms with Crippen LogP contribution in [0.5, 0.6) is 5.75 Å². The molecule has 1 saturated heterocycles. The van der Waals surface area contributed by atoms with Gasteiger partial charge in [-0.2, -0.15) is 0 Å². The van der Waals surface area contributed by atoms with Crippen molar-refractivity contribution < 1.29 is 24.2 Å². The molecule has 0 saturated carbocycles. The molecule has 0 bridgehead atoms. The number of carboxylic acids is 1. The fraction of sp³-hybridized carbons (Fsp3) is 0.200. The maximum atomic E-state index is 12.3. The summed E-state index contributed by atoms with van der Waals surface area (Å²) in [6, 6.07) is 6.80. The van der Waals surface area contributed by atoms with Crippen LogP contribution in [0.15, 0.2) is 29.2 Å². The number of ether oxygens (including phenoxy) is 1. The van der Waals surface area contributed by atoms with E-state index in [2.05, 4.69) is 0 Å². The summed E-state index contributed by atoms with van der Waals surface area (Å²) in [5.41, 5.74) is 0.571. The number of nitrogens with zero attached hydrogens (tertiary/aromatic N) is 1. The minimum atomic E-state index is -0.997. The topological polar surface area (TPSA) is 83.9 Å². The number of carbonyl (C=O) groups excluding carboxylic acids is 2. The van der Waals surface area contributed by atoms with Gasteiger partial charge in [-0.15, -0.1) is 0 Å². The van der Waals surface area contributed by atoms with Crippen LogP contribution in [0.25, 0.3) is 6.08 Å². The molecule has 1 aromatic carbocycles. The van der Waals surface area contributed by atoms with Crippen LogP contribution in [-0.2, 0) is 14.4 Å². The van der Waals surface area contributed by atoms with E-state index in [0.717, 1.165) is 11.8 Å². The maximum absolute atomic E-state index is 12.3. The molecule has 1 fully saturated rings. The number of thioether (sulfide) groups is 1. The number of benzene rings is 1. The second-order valence-corrected chi connectivity index (χ2v) is 6.28. The third-order valence-corrected chi connectivity index (χ3v) is 4.26. The number of carbonyl (C=O) groups is 3. The summed E-state index contributed by atoms with van der Waals surface area (Å²) in [6.45, 7) is 1.32. The number of hydrogen-bond acceptors (Lipinski definition) is 6. The highest BCUT2D eigenvalue weighted by molar-refractivity contribution is 8.26. The standard InChI is InChI=1S/C15H13NO5S2/c1-9(17)21-11-5-3-2-4-10(11)8-12-14(20)16(15(22)23-12)7-6-13(18)19/h2-5,8H,6-7H2,1H3,(H,18,19)/b12-8-. The van der Waals surface area contributed by atoms with Crippen molar-refractivity contribution >= 4 is 52.2 Å². The molecule has 1 N–H and O–H groups in total. The highest BCUT2D eigenvalue weighted by Crippen LogP contribution is 2.34. The van der Waals surface area contributed by atoms with Crippen molar-refractivity contribution in [2.45, 2.75) is 13.3 Å². The van der Waals surface area contributed by atoms with Gasteiger partial charge in [0, 0.05) is 19.0 Å². The highest BCUT2D eigenvalue weighted by atomic mass is 32.2. The minimum absolute atomic E-state index is 0.0307. The van der Waals surface area contributed by atoms with E-state index in [1.54, 1.807) is 30.3 Å². The maximum Gasteiger partial charge on any atom is 0.308 e. The summed E-state index contributed by atoms with van der Waals surface area (Å²) in [7, 11) is 0. The van der Waals surface area contributed by atoms with E-state index in [0.29, 0.717) is 20.5 Å². The Labute approximate surface area is 142 Å². The molecule has 1 heterocycles. The Bertz CT molecular complexity index is 714. The van der Waals surface area contributed by atoms with Crippen molar-refractivity contribution in [2.24, 2.45) is 0 Å². The van der Waals surface area contributed by atoms with E-state index in [1.807, 2.05) is 0 Å². The zero-order valence-corrected chi connectivity index (χ0v) is 13.8. The summed E-state index contributed by atoms with van der Waals surface area (Å²) < 4.78 is 5.41. The molecule has 120 valence electrons. The lowest BCUT2D eigenvalue weighted by Gasteiger charge is -2.12.